The van der Waals surface area contributed by atoms with Crippen molar-refractivity contribution < 1.29 is 4.74 Å². The topological polar surface area (TPSA) is 9.23 Å². The maximum atomic E-state index is 5.83. The summed E-state index contributed by atoms with van der Waals surface area (Å²) in [5, 5.41) is 2.50. The zero-order valence-corrected chi connectivity index (χ0v) is 12.0. The van der Waals surface area contributed by atoms with Crippen molar-refractivity contribution in [3.05, 3.63) is 83.4 Å². The summed E-state index contributed by atoms with van der Waals surface area (Å²) in [6.45, 7) is 2.75. The van der Waals surface area contributed by atoms with Gasteiger partial charge in [-0.15, -0.1) is 0 Å². The second-order valence-electron chi connectivity index (χ2n) is 5.45. The van der Waals surface area contributed by atoms with Gasteiger partial charge in [-0.1, -0.05) is 60.2 Å². The molecule has 0 saturated carbocycles. The molecule has 0 saturated heterocycles. The van der Waals surface area contributed by atoms with E-state index in [2.05, 4.69) is 73.7 Å². The predicted molar refractivity (Wildman–Crippen MR) is 87.7 cm³/mol. The van der Waals surface area contributed by atoms with Crippen LogP contribution in [0.1, 0.15) is 16.7 Å². The van der Waals surface area contributed by atoms with Gasteiger partial charge in [0.25, 0.3) is 0 Å². The summed E-state index contributed by atoms with van der Waals surface area (Å²) in [4.78, 5) is 0. The smallest absolute Gasteiger partial charge is 0.128 e. The molecule has 0 unspecified atom stereocenters. The minimum Gasteiger partial charge on any atom is -0.489 e. The number of hydrogen-bond acceptors (Lipinski definition) is 1. The molecule has 0 radical (unpaired) electrons. The minimum atomic E-state index is 0.633. The molecule has 0 amide bonds. The van der Waals surface area contributed by atoms with Crippen molar-refractivity contribution in [1.29, 1.82) is 0 Å². The SMILES string of the molecule is Cc1ccc(C2=CCOc3ccc4ccccc4c32)cc1. The fourth-order valence-corrected chi connectivity index (χ4v) is 2.96. The molecule has 1 aliphatic heterocycles. The highest BCUT2D eigenvalue weighted by Gasteiger charge is 2.18. The Balaban J connectivity index is 1.98. The van der Waals surface area contributed by atoms with Crippen LogP contribution in [0.5, 0.6) is 5.75 Å². The van der Waals surface area contributed by atoms with Crippen molar-refractivity contribution in [3.8, 4) is 5.75 Å². The van der Waals surface area contributed by atoms with Gasteiger partial charge in [0.1, 0.15) is 12.4 Å². The molecule has 0 spiro atoms. The van der Waals surface area contributed by atoms with E-state index in [1.54, 1.807) is 0 Å². The van der Waals surface area contributed by atoms with Crippen molar-refractivity contribution >= 4 is 16.3 Å². The van der Waals surface area contributed by atoms with Crippen LogP contribution < -0.4 is 4.74 Å². The lowest BCUT2D eigenvalue weighted by Gasteiger charge is -2.21. The second kappa shape index (κ2) is 4.78. The Kier molecular flexibility index (Phi) is 2.78. The summed E-state index contributed by atoms with van der Waals surface area (Å²) >= 11 is 0. The highest BCUT2D eigenvalue weighted by molar-refractivity contribution is 6.00. The van der Waals surface area contributed by atoms with Crippen LogP contribution in [0.25, 0.3) is 16.3 Å². The second-order valence-corrected chi connectivity index (χ2v) is 5.45. The summed E-state index contributed by atoms with van der Waals surface area (Å²) in [6, 6.07) is 21.4. The lowest BCUT2D eigenvalue weighted by atomic mass is 9.91. The molecule has 0 aromatic heterocycles. The number of ether oxygens (including phenoxy) is 1. The summed E-state index contributed by atoms with van der Waals surface area (Å²) in [7, 11) is 0. The van der Waals surface area contributed by atoms with Crippen LogP contribution in [-0.4, -0.2) is 6.61 Å². The standard InChI is InChI=1S/C20H16O/c1-14-6-8-16(9-7-14)18-12-13-21-19-11-10-15-4-2-3-5-17(15)20(18)19/h2-12H,13H2,1H3. The van der Waals surface area contributed by atoms with Gasteiger partial charge in [0.2, 0.25) is 0 Å². The van der Waals surface area contributed by atoms with Crippen molar-refractivity contribution in [1.82, 2.24) is 0 Å². The zero-order valence-electron chi connectivity index (χ0n) is 12.0. The number of hydrogen-bond donors (Lipinski definition) is 0. The molecule has 0 bridgehead atoms. The lowest BCUT2D eigenvalue weighted by molar-refractivity contribution is 0.358. The van der Waals surface area contributed by atoms with Crippen LogP contribution in [0, 0.1) is 6.92 Å². The van der Waals surface area contributed by atoms with Gasteiger partial charge in [0.15, 0.2) is 0 Å². The number of benzene rings is 3. The predicted octanol–water partition coefficient (Wildman–Crippen LogP) is 4.97. The third-order valence-corrected chi connectivity index (χ3v) is 4.05. The summed E-state index contributed by atoms with van der Waals surface area (Å²) in [5.41, 5.74) is 5.02. The first kappa shape index (κ1) is 12.2. The van der Waals surface area contributed by atoms with E-state index in [-0.39, 0.29) is 0 Å². The number of rotatable bonds is 1. The first-order chi connectivity index (χ1) is 10.3. The average Bonchev–Trinajstić information content (AvgIpc) is 2.55. The highest BCUT2D eigenvalue weighted by atomic mass is 16.5. The molecule has 3 aromatic carbocycles. The van der Waals surface area contributed by atoms with Gasteiger partial charge in [-0.2, -0.15) is 0 Å². The maximum Gasteiger partial charge on any atom is 0.128 e. The van der Waals surface area contributed by atoms with Gasteiger partial charge in [-0.25, -0.2) is 0 Å². The monoisotopic (exact) mass is 272 g/mol. The van der Waals surface area contributed by atoms with E-state index in [1.807, 2.05) is 0 Å². The molecule has 0 N–H and O–H groups in total. The van der Waals surface area contributed by atoms with Crippen LogP contribution in [0.2, 0.25) is 0 Å². The number of aryl methyl sites for hydroxylation is 1. The fourth-order valence-electron chi connectivity index (χ4n) is 2.96. The van der Waals surface area contributed by atoms with Gasteiger partial charge < -0.3 is 4.74 Å². The molecule has 102 valence electrons. The van der Waals surface area contributed by atoms with E-state index in [1.165, 1.54) is 33.0 Å². The van der Waals surface area contributed by atoms with Gasteiger partial charge in [0.05, 0.1) is 0 Å². The highest BCUT2D eigenvalue weighted by Crippen LogP contribution is 2.39. The Morgan fingerprint density at radius 3 is 2.52 bits per heavy atom. The fraction of sp³-hybridized carbons (Fsp3) is 0.100. The molecular weight excluding hydrogens is 256 g/mol. The minimum absolute atomic E-state index is 0.633. The molecule has 1 heterocycles. The Hall–Kier alpha value is -2.54. The lowest BCUT2D eigenvalue weighted by Crippen LogP contribution is -2.06. The largest absolute Gasteiger partial charge is 0.489 e. The molecule has 1 aliphatic rings. The summed E-state index contributed by atoms with van der Waals surface area (Å²) in [6.07, 6.45) is 2.18. The van der Waals surface area contributed by atoms with E-state index in [0.717, 1.165) is 5.75 Å². The third-order valence-electron chi connectivity index (χ3n) is 4.05. The average molecular weight is 272 g/mol. The van der Waals surface area contributed by atoms with Crippen LogP contribution in [0.3, 0.4) is 0 Å². The third kappa shape index (κ3) is 2.02. The van der Waals surface area contributed by atoms with Crippen molar-refractivity contribution in [3.63, 3.8) is 0 Å². The van der Waals surface area contributed by atoms with Crippen LogP contribution in [-0.2, 0) is 0 Å². The Morgan fingerprint density at radius 1 is 0.857 bits per heavy atom. The molecule has 0 aliphatic carbocycles. The normalized spacial score (nSPS) is 13.5. The van der Waals surface area contributed by atoms with Crippen LogP contribution in [0.15, 0.2) is 66.7 Å². The quantitative estimate of drug-likeness (QED) is 0.607. The van der Waals surface area contributed by atoms with Gasteiger partial charge in [-0.05, 0) is 41.0 Å². The molecule has 0 atom stereocenters. The first-order valence-electron chi connectivity index (χ1n) is 7.25. The van der Waals surface area contributed by atoms with Crippen LogP contribution >= 0.6 is 0 Å². The Morgan fingerprint density at radius 2 is 1.67 bits per heavy atom. The van der Waals surface area contributed by atoms with E-state index in [0.29, 0.717) is 6.61 Å². The molecule has 1 heteroatoms. The molecule has 1 nitrogen and oxygen atoms in total. The van der Waals surface area contributed by atoms with Crippen molar-refractivity contribution in [2.24, 2.45) is 0 Å². The number of fused-ring (bicyclic) bond motifs is 3. The van der Waals surface area contributed by atoms with Crippen LogP contribution in [0.4, 0.5) is 0 Å². The van der Waals surface area contributed by atoms with Gasteiger partial charge in [0, 0.05) is 5.56 Å². The summed E-state index contributed by atoms with van der Waals surface area (Å²) < 4.78 is 5.83. The first-order valence-corrected chi connectivity index (χ1v) is 7.25. The molecule has 21 heavy (non-hydrogen) atoms. The molecular formula is C20H16O. The molecule has 3 aromatic rings. The van der Waals surface area contributed by atoms with Crippen molar-refractivity contribution in [2.45, 2.75) is 6.92 Å². The van der Waals surface area contributed by atoms with Gasteiger partial charge in [-0.3, -0.25) is 0 Å². The van der Waals surface area contributed by atoms with E-state index < -0.39 is 0 Å². The van der Waals surface area contributed by atoms with E-state index in [4.69, 9.17) is 4.74 Å². The summed E-state index contributed by atoms with van der Waals surface area (Å²) in [5.74, 6) is 0.978. The molecule has 4 rings (SSSR count). The van der Waals surface area contributed by atoms with E-state index >= 15 is 0 Å². The van der Waals surface area contributed by atoms with Crippen molar-refractivity contribution in [2.75, 3.05) is 6.61 Å². The zero-order chi connectivity index (χ0) is 14.2. The Labute approximate surface area is 124 Å². The maximum absolute atomic E-state index is 5.83. The Bertz CT molecular complexity index is 841. The molecule has 0 fully saturated rings. The van der Waals surface area contributed by atoms with Gasteiger partial charge >= 0.3 is 0 Å². The van der Waals surface area contributed by atoms with E-state index in [9.17, 15) is 0 Å².